The monoisotopic (exact) mass is 432 g/mol. The molecule has 1 fully saturated rings. The van der Waals surface area contributed by atoms with Crippen LogP contribution >= 0.6 is 0 Å². The third-order valence-electron chi connectivity index (χ3n) is 5.75. The van der Waals surface area contributed by atoms with Gasteiger partial charge in [0.2, 0.25) is 11.5 Å². The van der Waals surface area contributed by atoms with Crippen LogP contribution in [0.25, 0.3) is 0 Å². The lowest BCUT2D eigenvalue weighted by Gasteiger charge is -2.27. The van der Waals surface area contributed by atoms with E-state index in [9.17, 15) is 9.90 Å². The number of ether oxygens (including phenoxy) is 6. The fraction of sp³-hybridized carbons (Fsp3) is 0.435. The average Bonchev–Trinajstić information content (AvgIpc) is 3.10. The van der Waals surface area contributed by atoms with Gasteiger partial charge in [0.25, 0.3) is 0 Å². The van der Waals surface area contributed by atoms with Crippen molar-refractivity contribution in [1.29, 1.82) is 0 Å². The van der Waals surface area contributed by atoms with Gasteiger partial charge in [-0.15, -0.1) is 0 Å². The molecule has 0 spiro atoms. The van der Waals surface area contributed by atoms with Crippen molar-refractivity contribution in [2.24, 2.45) is 11.8 Å². The van der Waals surface area contributed by atoms with Gasteiger partial charge < -0.3 is 33.5 Å². The number of carbonyl (C=O) groups excluding carboxylic acids is 1. The fourth-order valence-corrected chi connectivity index (χ4v) is 4.13. The van der Waals surface area contributed by atoms with Crippen LogP contribution in [0.5, 0.6) is 34.5 Å². The van der Waals surface area contributed by atoms with Gasteiger partial charge in [-0.2, -0.15) is 0 Å². The fourth-order valence-electron chi connectivity index (χ4n) is 4.13. The van der Waals surface area contributed by atoms with Crippen molar-refractivity contribution in [1.82, 2.24) is 0 Å². The Bertz CT molecular complexity index is 930. The molecule has 0 bridgehead atoms. The zero-order valence-electron chi connectivity index (χ0n) is 18.6. The standard InChI is InChI=1S/C23H28O8/c1-12-15(11-31-23(12)25)20(13-7-16(24)21(29-5)17(8-13)26-2)14-9-18(27-3)22(30-6)19(10-14)28-4/h7-10,12,15,20,24H,11H2,1-6H3/t12-,15+,20+/m1/s1. The summed E-state index contributed by atoms with van der Waals surface area (Å²) in [4.78, 5) is 12.2. The van der Waals surface area contributed by atoms with Crippen molar-refractivity contribution in [3.05, 3.63) is 35.4 Å². The summed E-state index contributed by atoms with van der Waals surface area (Å²) in [6, 6.07) is 7.09. The lowest BCUT2D eigenvalue weighted by molar-refractivity contribution is -0.140. The molecule has 0 unspecified atom stereocenters. The van der Waals surface area contributed by atoms with Crippen molar-refractivity contribution in [2.45, 2.75) is 12.8 Å². The number of cyclic esters (lactones) is 1. The molecule has 1 aliphatic heterocycles. The molecule has 8 heteroatoms. The molecular weight excluding hydrogens is 404 g/mol. The summed E-state index contributed by atoms with van der Waals surface area (Å²) < 4.78 is 32.5. The van der Waals surface area contributed by atoms with Crippen LogP contribution in [0, 0.1) is 11.8 Å². The number of aromatic hydroxyl groups is 1. The number of hydrogen-bond donors (Lipinski definition) is 1. The molecule has 1 aliphatic rings. The number of rotatable bonds is 8. The number of esters is 1. The van der Waals surface area contributed by atoms with E-state index < -0.39 is 0 Å². The van der Waals surface area contributed by atoms with E-state index in [0.717, 1.165) is 11.1 Å². The van der Waals surface area contributed by atoms with Crippen molar-refractivity contribution in [2.75, 3.05) is 42.2 Å². The Balaban J connectivity index is 2.24. The zero-order valence-corrected chi connectivity index (χ0v) is 18.6. The minimum Gasteiger partial charge on any atom is -0.504 e. The average molecular weight is 432 g/mol. The molecule has 1 N–H and O–H groups in total. The van der Waals surface area contributed by atoms with E-state index in [2.05, 4.69) is 0 Å². The predicted molar refractivity (Wildman–Crippen MR) is 113 cm³/mol. The van der Waals surface area contributed by atoms with Gasteiger partial charge in [0, 0.05) is 11.8 Å². The van der Waals surface area contributed by atoms with Gasteiger partial charge in [-0.1, -0.05) is 6.92 Å². The molecule has 168 valence electrons. The van der Waals surface area contributed by atoms with Crippen molar-refractivity contribution >= 4 is 5.97 Å². The molecule has 0 amide bonds. The summed E-state index contributed by atoms with van der Waals surface area (Å²) in [7, 11) is 7.58. The molecule has 0 saturated carbocycles. The SMILES string of the molecule is COc1cc([C@@H](c2cc(OC)c(OC)c(OC)c2)[C@H]2COC(=O)[C@@H]2C)cc(O)c1OC. The van der Waals surface area contributed by atoms with Crippen LogP contribution < -0.4 is 23.7 Å². The third kappa shape index (κ3) is 4.02. The van der Waals surface area contributed by atoms with Crippen LogP contribution in [0.15, 0.2) is 24.3 Å². The van der Waals surface area contributed by atoms with Crippen LogP contribution in [0.1, 0.15) is 24.0 Å². The van der Waals surface area contributed by atoms with Gasteiger partial charge in [0.15, 0.2) is 23.0 Å². The van der Waals surface area contributed by atoms with E-state index in [-0.39, 0.29) is 41.8 Å². The minimum atomic E-state index is -0.348. The number of hydrogen-bond acceptors (Lipinski definition) is 8. The summed E-state index contributed by atoms with van der Waals surface area (Å²) in [5, 5.41) is 10.6. The highest BCUT2D eigenvalue weighted by Gasteiger charge is 2.41. The van der Waals surface area contributed by atoms with Crippen molar-refractivity contribution in [3.8, 4) is 34.5 Å². The Hall–Kier alpha value is -3.29. The molecule has 0 aromatic heterocycles. The Morgan fingerprint density at radius 2 is 1.32 bits per heavy atom. The first-order valence-corrected chi connectivity index (χ1v) is 9.81. The van der Waals surface area contributed by atoms with Gasteiger partial charge in [-0.05, 0) is 35.4 Å². The first kappa shape index (κ1) is 22.4. The molecule has 1 heterocycles. The zero-order chi connectivity index (χ0) is 22.7. The number of phenolic OH excluding ortho intramolecular Hbond substituents is 1. The van der Waals surface area contributed by atoms with Crippen LogP contribution in [0.3, 0.4) is 0 Å². The van der Waals surface area contributed by atoms with Crippen molar-refractivity contribution in [3.63, 3.8) is 0 Å². The van der Waals surface area contributed by atoms with Gasteiger partial charge >= 0.3 is 5.97 Å². The molecule has 1 saturated heterocycles. The Kier molecular flexibility index (Phi) is 6.68. The Morgan fingerprint density at radius 3 is 1.74 bits per heavy atom. The third-order valence-corrected chi connectivity index (χ3v) is 5.75. The maximum Gasteiger partial charge on any atom is 0.309 e. The molecule has 2 aromatic rings. The normalized spacial score (nSPS) is 18.8. The lowest BCUT2D eigenvalue weighted by atomic mass is 9.76. The van der Waals surface area contributed by atoms with E-state index in [1.54, 1.807) is 26.4 Å². The van der Waals surface area contributed by atoms with Gasteiger partial charge in [-0.3, -0.25) is 4.79 Å². The second-order valence-electron chi connectivity index (χ2n) is 7.29. The highest BCUT2D eigenvalue weighted by molar-refractivity contribution is 5.75. The molecule has 3 atom stereocenters. The lowest BCUT2D eigenvalue weighted by Crippen LogP contribution is -2.22. The van der Waals surface area contributed by atoms with Crippen LogP contribution in [0.2, 0.25) is 0 Å². The summed E-state index contributed by atoms with van der Waals surface area (Å²) in [5.41, 5.74) is 1.55. The quantitative estimate of drug-likeness (QED) is 0.635. The smallest absolute Gasteiger partial charge is 0.309 e. The number of phenols is 1. The van der Waals surface area contributed by atoms with E-state index >= 15 is 0 Å². The van der Waals surface area contributed by atoms with E-state index in [4.69, 9.17) is 28.4 Å². The summed E-state index contributed by atoms with van der Waals surface area (Å²) in [5.74, 6) is 0.880. The highest BCUT2D eigenvalue weighted by Crippen LogP contribution is 2.48. The topological polar surface area (TPSA) is 92.7 Å². The molecule has 3 rings (SSSR count). The maximum atomic E-state index is 12.2. The molecule has 0 radical (unpaired) electrons. The van der Waals surface area contributed by atoms with Gasteiger partial charge in [0.1, 0.15) is 0 Å². The Morgan fingerprint density at radius 1 is 0.839 bits per heavy atom. The van der Waals surface area contributed by atoms with Crippen LogP contribution in [0.4, 0.5) is 0 Å². The number of benzene rings is 2. The molecule has 0 aliphatic carbocycles. The maximum absolute atomic E-state index is 12.2. The first-order valence-electron chi connectivity index (χ1n) is 9.81. The van der Waals surface area contributed by atoms with Gasteiger partial charge in [0.05, 0.1) is 48.1 Å². The number of methoxy groups -OCH3 is 5. The predicted octanol–water partition coefficient (Wildman–Crippen LogP) is 3.38. The van der Waals surface area contributed by atoms with E-state index in [0.29, 0.717) is 23.0 Å². The van der Waals surface area contributed by atoms with Crippen LogP contribution in [-0.4, -0.2) is 53.2 Å². The van der Waals surface area contributed by atoms with Crippen LogP contribution in [-0.2, 0) is 9.53 Å². The molecule has 2 aromatic carbocycles. The highest BCUT2D eigenvalue weighted by atomic mass is 16.5. The first-order chi connectivity index (χ1) is 14.9. The second kappa shape index (κ2) is 9.24. The molecule has 31 heavy (non-hydrogen) atoms. The molecule has 8 nitrogen and oxygen atoms in total. The largest absolute Gasteiger partial charge is 0.504 e. The summed E-state index contributed by atoms with van der Waals surface area (Å²) in [6.45, 7) is 2.09. The minimum absolute atomic E-state index is 0.0628. The Labute approximate surface area is 181 Å². The number of carbonyl (C=O) groups is 1. The second-order valence-corrected chi connectivity index (χ2v) is 7.29. The van der Waals surface area contributed by atoms with E-state index in [1.807, 2.05) is 19.1 Å². The summed E-state index contributed by atoms with van der Waals surface area (Å²) in [6.07, 6.45) is 0. The summed E-state index contributed by atoms with van der Waals surface area (Å²) >= 11 is 0. The van der Waals surface area contributed by atoms with Gasteiger partial charge in [-0.25, -0.2) is 0 Å². The van der Waals surface area contributed by atoms with E-state index in [1.165, 1.54) is 21.3 Å². The molecular formula is C23H28O8. The van der Waals surface area contributed by atoms with Crippen molar-refractivity contribution < 1.29 is 38.3 Å².